The van der Waals surface area contributed by atoms with Gasteiger partial charge in [0.05, 0.1) is 11.8 Å². The number of aliphatic hydroxyl groups is 1. The van der Waals surface area contributed by atoms with E-state index in [2.05, 4.69) is 24.2 Å². The first kappa shape index (κ1) is 17.9. The van der Waals surface area contributed by atoms with Gasteiger partial charge >= 0.3 is 0 Å². The topological polar surface area (TPSA) is 62.0 Å². The number of allylic oxidation sites excluding steroid dienone is 2. The molecule has 0 aromatic carbocycles. The Bertz CT molecular complexity index is 387. The summed E-state index contributed by atoms with van der Waals surface area (Å²) in [7, 11) is 1.63. The summed E-state index contributed by atoms with van der Waals surface area (Å²) in [5.74, 6) is 0.0251. The molecular weight excluding hydrogens is 266 g/mol. The van der Waals surface area contributed by atoms with Crippen molar-refractivity contribution in [3.8, 4) is 0 Å². The first-order valence-electron chi connectivity index (χ1n) is 7.83. The van der Waals surface area contributed by atoms with Gasteiger partial charge in [-0.25, -0.2) is 0 Å². The standard InChI is InChI=1S/C17H29NO3/c1-13-10-11-15(18-20)8-6-4-5-7-9-16(21-3)17(19)14(2)12-13/h7,9,12,14,16-17,19-20H,4-6,8,10-11H2,1-3H3/b9-7+,13-12-,18-15-/t14-,16+,17+/m1/s1. The van der Waals surface area contributed by atoms with E-state index in [1.165, 1.54) is 5.57 Å². The number of methoxy groups -OCH3 is 1. The third-order valence-corrected chi connectivity index (χ3v) is 4.06. The molecule has 0 saturated heterocycles. The molecule has 1 aliphatic rings. The summed E-state index contributed by atoms with van der Waals surface area (Å²) in [5, 5.41) is 22.8. The summed E-state index contributed by atoms with van der Waals surface area (Å²) in [4.78, 5) is 0. The lowest BCUT2D eigenvalue weighted by atomic mass is 9.94. The molecule has 1 aliphatic carbocycles. The SMILES string of the molecule is CO[C@H]1/C=C/CCCC/C(=N/O)CC/C(C)=C\[C@@H](C)[C@@H]1O. The third-order valence-electron chi connectivity index (χ3n) is 4.06. The molecule has 0 heterocycles. The molecule has 120 valence electrons. The van der Waals surface area contributed by atoms with Crippen LogP contribution in [0.5, 0.6) is 0 Å². The zero-order valence-electron chi connectivity index (χ0n) is 13.5. The van der Waals surface area contributed by atoms with Gasteiger partial charge in [-0.05, 0) is 45.4 Å². The van der Waals surface area contributed by atoms with Gasteiger partial charge in [0.1, 0.15) is 6.10 Å². The minimum Gasteiger partial charge on any atom is -0.411 e. The van der Waals surface area contributed by atoms with E-state index in [-0.39, 0.29) is 12.0 Å². The van der Waals surface area contributed by atoms with Gasteiger partial charge < -0.3 is 15.1 Å². The first-order valence-corrected chi connectivity index (χ1v) is 7.83. The number of oxime groups is 1. The highest BCUT2D eigenvalue weighted by Gasteiger charge is 2.21. The largest absolute Gasteiger partial charge is 0.411 e. The maximum absolute atomic E-state index is 10.4. The van der Waals surface area contributed by atoms with E-state index < -0.39 is 6.10 Å². The highest BCUT2D eigenvalue weighted by Crippen LogP contribution is 2.18. The average molecular weight is 295 g/mol. The maximum Gasteiger partial charge on any atom is 0.102 e. The molecule has 1 rings (SSSR count). The maximum atomic E-state index is 10.4. The number of hydrogen-bond acceptors (Lipinski definition) is 4. The fourth-order valence-electron chi connectivity index (χ4n) is 2.65. The molecule has 0 aromatic rings. The summed E-state index contributed by atoms with van der Waals surface area (Å²) in [6.07, 6.45) is 10.8. The van der Waals surface area contributed by atoms with Crippen molar-refractivity contribution in [3.63, 3.8) is 0 Å². The minimum atomic E-state index is -0.546. The van der Waals surface area contributed by atoms with E-state index in [1.807, 2.05) is 13.0 Å². The molecule has 0 aliphatic heterocycles. The number of hydrogen-bond donors (Lipinski definition) is 2. The van der Waals surface area contributed by atoms with Gasteiger partial charge in [-0.3, -0.25) is 0 Å². The van der Waals surface area contributed by atoms with Crippen LogP contribution in [0.3, 0.4) is 0 Å². The fourth-order valence-corrected chi connectivity index (χ4v) is 2.65. The predicted molar refractivity (Wildman–Crippen MR) is 85.8 cm³/mol. The van der Waals surface area contributed by atoms with E-state index >= 15 is 0 Å². The van der Waals surface area contributed by atoms with Gasteiger partial charge in [-0.1, -0.05) is 35.9 Å². The second-order valence-electron chi connectivity index (χ2n) is 5.90. The lowest BCUT2D eigenvalue weighted by molar-refractivity contribution is -0.00187. The van der Waals surface area contributed by atoms with Crippen molar-refractivity contribution in [2.45, 2.75) is 64.6 Å². The van der Waals surface area contributed by atoms with Gasteiger partial charge in [-0.2, -0.15) is 0 Å². The van der Waals surface area contributed by atoms with Gasteiger partial charge in [-0.15, -0.1) is 0 Å². The van der Waals surface area contributed by atoms with Crippen LogP contribution in [0.25, 0.3) is 0 Å². The van der Waals surface area contributed by atoms with E-state index in [9.17, 15) is 5.11 Å². The normalized spacial score (nSPS) is 35.7. The van der Waals surface area contributed by atoms with Crippen molar-refractivity contribution in [1.29, 1.82) is 0 Å². The quantitative estimate of drug-likeness (QED) is 0.440. The molecule has 0 aromatic heterocycles. The Labute approximate surface area is 128 Å². The number of rotatable bonds is 1. The first-order chi connectivity index (χ1) is 10.1. The van der Waals surface area contributed by atoms with Crippen molar-refractivity contribution in [2.75, 3.05) is 7.11 Å². The fraction of sp³-hybridized carbons (Fsp3) is 0.706. The van der Waals surface area contributed by atoms with Crippen LogP contribution >= 0.6 is 0 Å². The number of aliphatic hydroxyl groups excluding tert-OH is 1. The second-order valence-corrected chi connectivity index (χ2v) is 5.90. The van der Waals surface area contributed by atoms with Crippen molar-refractivity contribution in [3.05, 3.63) is 23.8 Å². The number of nitrogens with zero attached hydrogens (tertiary/aromatic N) is 1. The molecule has 0 saturated carbocycles. The van der Waals surface area contributed by atoms with Crippen LogP contribution in [0.1, 0.15) is 52.4 Å². The molecule has 2 N–H and O–H groups in total. The Morgan fingerprint density at radius 2 is 2.00 bits per heavy atom. The average Bonchev–Trinajstić information content (AvgIpc) is 2.48. The molecule has 0 spiro atoms. The molecule has 0 fully saturated rings. The van der Waals surface area contributed by atoms with E-state index in [1.54, 1.807) is 7.11 Å². The van der Waals surface area contributed by atoms with Gasteiger partial charge in [0.2, 0.25) is 0 Å². The summed E-state index contributed by atoms with van der Waals surface area (Å²) < 4.78 is 5.39. The minimum absolute atomic E-state index is 0.0251. The van der Waals surface area contributed by atoms with Crippen LogP contribution in [0, 0.1) is 5.92 Å². The Hall–Kier alpha value is -1.13. The molecule has 0 bridgehead atoms. The molecule has 0 unspecified atom stereocenters. The zero-order valence-corrected chi connectivity index (χ0v) is 13.5. The van der Waals surface area contributed by atoms with E-state index in [0.29, 0.717) is 0 Å². The van der Waals surface area contributed by atoms with Gasteiger partial charge in [0.15, 0.2) is 0 Å². The molecule has 0 radical (unpaired) electrons. The molecule has 4 nitrogen and oxygen atoms in total. The van der Waals surface area contributed by atoms with Crippen molar-refractivity contribution >= 4 is 5.71 Å². The lowest BCUT2D eigenvalue weighted by Crippen LogP contribution is -2.31. The smallest absolute Gasteiger partial charge is 0.102 e. The van der Waals surface area contributed by atoms with Crippen LogP contribution in [0.15, 0.2) is 29.0 Å². The summed E-state index contributed by atoms with van der Waals surface area (Å²) in [5.41, 5.74) is 2.07. The van der Waals surface area contributed by atoms with Crippen LogP contribution in [0.2, 0.25) is 0 Å². The van der Waals surface area contributed by atoms with E-state index in [0.717, 1.165) is 44.2 Å². The van der Waals surface area contributed by atoms with Crippen molar-refractivity contribution in [1.82, 2.24) is 0 Å². The molecule has 3 atom stereocenters. The summed E-state index contributed by atoms with van der Waals surface area (Å²) in [6, 6.07) is 0. The van der Waals surface area contributed by atoms with Gasteiger partial charge in [0.25, 0.3) is 0 Å². The Kier molecular flexibility index (Phi) is 8.31. The zero-order chi connectivity index (χ0) is 15.7. The van der Waals surface area contributed by atoms with Crippen LogP contribution < -0.4 is 0 Å². The number of ether oxygens (including phenoxy) is 1. The van der Waals surface area contributed by atoms with Crippen LogP contribution in [0.4, 0.5) is 0 Å². The molecule has 21 heavy (non-hydrogen) atoms. The molecule has 0 amide bonds. The van der Waals surface area contributed by atoms with Crippen LogP contribution in [-0.2, 0) is 4.74 Å². The second kappa shape index (κ2) is 9.74. The third kappa shape index (κ3) is 6.44. The van der Waals surface area contributed by atoms with Crippen molar-refractivity contribution in [2.24, 2.45) is 11.1 Å². The summed E-state index contributed by atoms with van der Waals surface area (Å²) >= 11 is 0. The molecular formula is C17H29NO3. The predicted octanol–water partition coefficient (Wildman–Crippen LogP) is 3.69. The van der Waals surface area contributed by atoms with Crippen LogP contribution in [-0.4, -0.2) is 35.3 Å². The Morgan fingerprint density at radius 1 is 1.24 bits per heavy atom. The van der Waals surface area contributed by atoms with Crippen molar-refractivity contribution < 1.29 is 15.1 Å². The van der Waals surface area contributed by atoms with Gasteiger partial charge in [0, 0.05) is 13.0 Å². The highest BCUT2D eigenvalue weighted by molar-refractivity contribution is 5.84. The Balaban J connectivity index is 2.82. The highest BCUT2D eigenvalue weighted by atomic mass is 16.5. The monoisotopic (exact) mass is 295 g/mol. The molecule has 4 heteroatoms. The Morgan fingerprint density at radius 3 is 2.67 bits per heavy atom. The van der Waals surface area contributed by atoms with E-state index in [4.69, 9.17) is 9.94 Å². The lowest BCUT2D eigenvalue weighted by Gasteiger charge is -2.23. The summed E-state index contributed by atoms with van der Waals surface area (Å²) in [6.45, 7) is 4.06.